The Morgan fingerprint density at radius 2 is 2.20 bits per heavy atom. The van der Waals surface area contributed by atoms with Crippen LogP contribution in [0.3, 0.4) is 0 Å². The molecule has 1 aromatic rings. The number of thiazole rings is 1. The van der Waals surface area contributed by atoms with Crippen molar-refractivity contribution in [3.8, 4) is 0 Å². The smallest absolute Gasteiger partial charge is 0.257 e. The van der Waals surface area contributed by atoms with Crippen LogP contribution in [0.5, 0.6) is 0 Å². The molecule has 0 aromatic carbocycles. The van der Waals surface area contributed by atoms with E-state index >= 15 is 0 Å². The van der Waals surface area contributed by atoms with E-state index in [0.29, 0.717) is 0 Å². The second-order valence-corrected chi connectivity index (χ2v) is 6.95. The molecule has 2 N–H and O–H groups in total. The first-order valence-electron chi connectivity index (χ1n) is 4.34. The molecule has 1 unspecified atom stereocenters. The number of rotatable bonds is 4. The SMILES string of the molecule is CO[C@@H]([C@@H](C)S(N)(=O)=O)[s+]1cnc(C)c1. The van der Waals surface area contributed by atoms with Crippen LogP contribution in [0.2, 0.25) is 0 Å². The third kappa shape index (κ3) is 2.97. The maximum atomic E-state index is 11.2. The van der Waals surface area contributed by atoms with E-state index in [9.17, 15) is 8.42 Å². The van der Waals surface area contributed by atoms with Gasteiger partial charge in [-0.2, -0.15) is 0 Å². The Morgan fingerprint density at radius 1 is 1.60 bits per heavy atom. The molecule has 0 aliphatic heterocycles. The Bertz CT molecular complexity index is 427. The van der Waals surface area contributed by atoms with Crippen LogP contribution in [-0.2, 0) is 14.8 Å². The Balaban J connectivity index is 2.99. The van der Waals surface area contributed by atoms with Gasteiger partial charge in [-0.25, -0.2) is 18.5 Å². The molecule has 0 fully saturated rings. The molecule has 0 saturated heterocycles. The van der Waals surface area contributed by atoms with E-state index in [2.05, 4.69) is 4.98 Å². The van der Waals surface area contributed by atoms with Gasteiger partial charge in [-0.05, 0) is 13.8 Å². The van der Waals surface area contributed by atoms with Gasteiger partial charge in [-0.3, -0.25) is 0 Å². The van der Waals surface area contributed by atoms with Gasteiger partial charge in [-0.1, -0.05) is 0 Å². The molecule has 5 nitrogen and oxygen atoms in total. The van der Waals surface area contributed by atoms with Crippen LogP contribution in [0.1, 0.15) is 18.1 Å². The van der Waals surface area contributed by atoms with Gasteiger partial charge < -0.3 is 4.74 Å². The molecule has 15 heavy (non-hydrogen) atoms. The van der Waals surface area contributed by atoms with Crippen LogP contribution in [-0.4, -0.2) is 25.8 Å². The van der Waals surface area contributed by atoms with E-state index in [1.54, 1.807) is 12.4 Å². The summed E-state index contributed by atoms with van der Waals surface area (Å²) in [7, 11) is -2.50. The third-order valence-corrected chi connectivity index (χ3v) is 5.64. The average Bonchev–Trinajstić information content (AvgIpc) is 2.51. The van der Waals surface area contributed by atoms with Crippen LogP contribution >= 0.6 is 10.5 Å². The number of methoxy groups -OCH3 is 1. The molecular formula is C8H15N2O3S2+. The molecule has 0 bridgehead atoms. The zero-order chi connectivity index (χ0) is 11.6. The van der Waals surface area contributed by atoms with Crippen LogP contribution in [0.15, 0.2) is 10.9 Å². The van der Waals surface area contributed by atoms with E-state index in [1.165, 1.54) is 7.11 Å². The van der Waals surface area contributed by atoms with E-state index < -0.39 is 31.2 Å². The highest BCUT2D eigenvalue weighted by Gasteiger charge is 2.35. The molecule has 0 aliphatic rings. The second kappa shape index (κ2) is 4.56. The predicted molar refractivity (Wildman–Crippen MR) is 60.1 cm³/mol. The molecule has 3 atom stereocenters. The normalized spacial score (nSPS) is 17.5. The number of hydrogen-bond acceptors (Lipinski definition) is 4. The van der Waals surface area contributed by atoms with Crippen molar-refractivity contribution in [3.05, 3.63) is 16.6 Å². The number of ether oxygens (including phenoxy) is 1. The molecule has 7 heteroatoms. The lowest BCUT2D eigenvalue weighted by Gasteiger charge is -2.13. The summed E-state index contributed by atoms with van der Waals surface area (Å²) < 4.78 is 27.6. The fourth-order valence-corrected chi connectivity index (χ4v) is 4.20. The van der Waals surface area contributed by atoms with Crippen molar-refractivity contribution in [2.24, 2.45) is 5.14 Å². The van der Waals surface area contributed by atoms with Gasteiger partial charge in [-0.15, -0.1) is 0 Å². The Kier molecular flexibility index (Phi) is 3.82. The largest absolute Gasteiger partial charge is 0.332 e. The number of sulfonamides is 1. The monoisotopic (exact) mass is 251 g/mol. The molecule has 0 radical (unpaired) electrons. The van der Waals surface area contributed by atoms with Crippen molar-refractivity contribution in [2.45, 2.75) is 24.5 Å². The standard InChI is InChI=1S/C8H15N2O3S2/c1-6-4-14(5-10-6)8(13-3)7(2)15(9,11)12/h4-5,7-8H,1-3H3,(H2,9,11,12)/q+1/t7-,8-,14?/m1/s1. The number of nitrogens with two attached hydrogens (primary N) is 1. The minimum absolute atomic E-state index is 0.407. The van der Waals surface area contributed by atoms with Crippen molar-refractivity contribution < 1.29 is 13.2 Å². The molecule has 0 aliphatic carbocycles. The number of aryl methyl sites for hydroxylation is 1. The Morgan fingerprint density at radius 3 is 2.53 bits per heavy atom. The molecule has 0 saturated carbocycles. The molecular weight excluding hydrogens is 236 g/mol. The minimum Gasteiger partial charge on any atom is -0.332 e. The lowest BCUT2D eigenvalue weighted by Crippen LogP contribution is -2.30. The Hall–Kier alpha value is -0.500. The van der Waals surface area contributed by atoms with Gasteiger partial charge in [0, 0.05) is 17.6 Å². The Labute approximate surface area is 92.3 Å². The highest BCUT2D eigenvalue weighted by atomic mass is 32.2. The maximum absolute atomic E-state index is 11.2. The number of primary sulfonamides is 1. The summed E-state index contributed by atoms with van der Waals surface area (Å²) in [5.41, 5.74) is 2.13. The fraction of sp³-hybridized carbons (Fsp3) is 0.625. The van der Waals surface area contributed by atoms with Crippen molar-refractivity contribution in [1.29, 1.82) is 0 Å². The highest BCUT2D eigenvalue weighted by molar-refractivity contribution is 7.90. The fourth-order valence-electron chi connectivity index (χ4n) is 1.21. The number of hydrogen-bond donors (Lipinski definition) is 1. The molecule has 86 valence electrons. The van der Waals surface area contributed by atoms with E-state index in [4.69, 9.17) is 9.88 Å². The quantitative estimate of drug-likeness (QED) is 0.808. The summed E-state index contributed by atoms with van der Waals surface area (Å²) >= 11 is 0. The highest BCUT2D eigenvalue weighted by Crippen LogP contribution is 2.35. The summed E-state index contributed by atoms with van der Waals surface area (Å²) in [4.78, 5) is 4.08. The third-order valence-electron chi connectivity index (χ3n) is 2.09. The second-order valence-electron chi connectivity index (χ2n) is 3.30. The van der Waals surface area contributed by atoms with Crippen molar-refractivity contribution >= 4 is 20.5 Å². The molecule has 1 heterocycles. The van der Waals surface area contributed by atoms with Crippen LogP contribution in [0, 0.1) is 6.92 Å². The number of aromatic nitrogens is 1. The lowest BCUT2D eigenvalue weighted by molar-refractivity contribution is 0.139. The topological polar surface area (TPSA) is 82.3 Å². The van der Waals surface area contributed by atoms with E-state index in [1.807, 2.05) is 12.3 Å². The van der Waals surface area contributed by atoms with Gasteiger partial charge in [0.25, 0.3) is 5.44 Å². The van der Waals surface area contributed by atoms with Gasteiger partial charge in [0.05, 0.1) is 5.69 Å². The van der Waals surface area contributed by atoms with Crippen LogP contribution in [0.4, 0.5) is 0 Å². The number of nitrogens with zero attached hydrogens (tertiary/aromatic N) is 1. The molecule has 0 spiro atoms. The first-order chi connectivity index (χ1) is 6.86. The maximum Gasteiger partial charge on any atom is 0.257 e. The zero-order valence-corrected chi connectivity index (χ0v) is 10.5. The van der Waals surface area contributed by atoms with Gasteiger partial charge in [0.2, 0.25) is 15.5 Å². The lowest BCUT2D eigenvalue weighted by atomic mass is 10.5. The summed E-state index contributed by atoms with van der Waals surface area (Å²) in [6, 6.07) is 0. The summed E-state index contributed by atoms with van der Waals surface area (Å²) in [5, 5.41) is 6.25. The molecule has 0 amide bonds. The van der Waals surface area contributed by atoms with Crippen molar-refractivity contribution in [3.63, 3.8) is 0 Å². The summed E-state index contributed by atoms with van der Waals surface area (Å²) in [6.07, 6.45) is 0. The molecule has 1 aromatic heterocycles. The summed E-state index contributed by atoms with van der Waals surface area (Å²) in [5.74, 6) is 0. The first kappa shape index (κ1) is 12.6. The van der Waals surface area contributed by atoms with E-state index in [0.717, 1.165) is 5.69 Å². The zero-order valence-electron chi connectivity index (χ0n) is 8.88. The van der Waals surface area contributed by atoms with Crippen molar-refractivity contribution in [1.82, 2.24) is 4.98 Å². The summed E-state index contributed by atoms with van der Waals surface area (Å²) in [6.45, 7) is 3.41. The van der Waals surface area contributed by atoms with Gasteiger partial charge >= 0.3 is 0 Å². The average molecular weight is 251 g/mol. The minimum atomic E-state index is -3.58. The molecule has 1 rings (SSSR count). The van der Waals surface area contributed by atoms with Gasteiger partial charge in [0.1, 0.15) is 0 Å². The van der Waals surface area contributed by atoms with Crippen LogP contribution < -0.4 is 5.14 Å². The van der Waals surface area contributed by atoms with Crippen molar-refractivity contribution in [2.75, 3.05) is 7.11 Å². The van der Waals surface area contributed by atoms with Gasteiger partial charge in [0.15, 0.2) is 10.6 Å². The van der Waals surface area contributed by atoms with Crippen LogP contribution in [0.25, 0.3) is 0 Å². The predicted octanol–water partition coefficient (Wildman–Crippen LogP) is 0.961. The first-order valence-corrected chi connectivity index (χ1v) is 7.36. The van der Waals surface area contributed by atoms with E-state index in [-0.39, 0.29) is 0 Å².